The van der Waals surface area contributed by atoms with Crippen LogP contribution in [0.2, 0.25) is 0 Å². The van der Waals surface area contributed by atoms with Crippen LogP contribution in [0.3, 0.4) is 0 Å². The van der Waals surface area contributed by atoms with Crippen molar-refractivity contribution in [2.45, 2.75) is 20.3 Å². The van der Waals surface area contributed by atoms with Gasteiger partial charge in [-0.05, 0) is 41.8 Å². The third-order valence-electron chi connectivity index (χ3n) is 3.92. The minimum absolute atomic E-state index is 0.0930. The van der Waals surface area contributed by atoms with Gasteiger partial charge in [-0.1, -0.05) is 26.0 Å². The highest BCUT2D eigenvalue weighted by molar-refractivity contribution is 5.99. The fourth-order valence-corrected chi connectivity index (χ4v) is 2.50. The number of ether oxygens (including phenoxy) is 1. The molecule has 0 aliphatic carbocycles. The molecule has 0 atom stereocenters. The predicted octanol–water partition coefficient (Wildman–Crippen LogP) is 4.02. The first-order valence-electron chi connectivity index (χ1n) is 9.27. The Labute approximate surface area is 173 Å². The summed E-state index contributed by atoms with van der Waals surface area (Å²) >= 11 is 0. The van der Waals surface area contributed by atoms with Crippen LogP contribution in [0.25, 0.3) is 6.08 Å². The maximum atomic E-state index is 12.2. The summed E-state index contributed by atoms with van der Waals surface area (Å²) in [6.45, 7) is 3.44. The minimum atomic E-state index is -0.743. The van der Waals surface area contributed by atoms with Crippen LogP contribution in [0.5, 0.6) is 0 Å². The summed E-state index contributed by atoms with van der Waals surface area (Å²) < 4.78 is 4.92. The molecule has 156 valence electrons. The Bertz CT molecular complexity index is 964. The average molecular weight is 410 g/mol. The topological polar surface area (TPSA) is 116 Å². The van der Waals surface area contributed by atoms with E-state index in [-0.39, 0.29) is 17.5 Å². The number of rotatable bonds is 9. The number of non-ortho nitro benzene ring substituents is 1. The molecule has 2 aromatic rings. The summed E-state index contributed by atoms with van der Waals surface area (Å²) in [5.41, 5.74) is 1.29. The third-order valence-corrected chi connectivity index (χ3v) is 3.92. The molecule has 1 N–H and O–H groups in total. The molecule has 0 spiro atoms. The monoisotopic (exact) mass is 410 g/mol. The van der Waals surface area contributed by atoms with E-state index in [1.54, 1.807) is 30.3 Å². The number of nitro benzene ring substituents is 1. The van der Waals surface area contributed by atoms with E-state index in [1.807, 2.05) is 13.8 Å². The molecule has 0 aliphatic rings. The average Bonchev–Trinajstić information content (AvgIpc) is 2.70. The number of carbonyl (C=O) groups excluding carboxylic acids is 3. The molecule has 2 rings (SSSR count). The van der Waals surface area contributed by atoms with Gasteiger partial charge in [0.15, 0.2) is 12.4 Å². The molecule has 0 saturated heterocycles. The van der Waals surface area contributed by atoms with Crippen LogP contribution >= 0.6 is 0 Å². The van der Waals surface area contributed by atoms with Crippen molar-refractivity contribution < 1.29 is 24.0 Å². The first kappa shape index (κ1) is 22.5. The van der Waals surface area contributed by atoms with E-state index < -0.39 is 23.3 Å². The van der Waals surface area contributed by atoms with Crippen molar-refractivity contribution in [3.63, 3.8) is 0 Å². The molecule has 0 radical (unpaired) electrons. The lowest BCUT2D eigenvalue weighted by Crippen LogP contribution is -2.14. The molecule has 2 aromatic carbocycles. The van der Waals surface area contributed by atoms with E-state index >= 15 is 0 Å². The number of esters is 1. The zero-order chi connectivity index (χ0) is 22.1. The van der Waals surface area contributed by atoms with Crippen molar-refractivity contribution in [2.75, 3.05) is 11.9 Å². The molecule has 8 heteroatoms. The van der Waals surface area contributed by atoms with Gasteiger partial charge in [0.2, 0.25) is 5.91 Å². The van der Waals surface area contributed by atoms with E-state index in [0.29, 0.717) is 23.2 Å². The van der Waals surface area contributed by atoms with E-state index in [0.717, 1.165) is 6.08 Å². The van der Waals surface area contributed by atoms with Crippen LogP contribution < -0.4 is 5.32 Å². The van der Waals surface area contributed by atoms with Gasteiger partial charge in [-0.2, -0.15) is 0 Å². The molecular weight excluding hydrogens is 388 g/mol. The number of nitrogens with zero attached hydrogens (tertiary/aromatic N) is 1. The summed E-state index contributed by atoms with van der Waals surface area (Å²) in [4.78, 5) is 45.9. The lowest BCUT2D eigenvalue weighted by molar-refractivity contribution is -0.384. The first-order valence-corrected chi connectivity index (χ1v) is 9.27. The number of nitro groups is 1. The largest absolute Gasteiger partial charge is 0.454 e. The van der Waals surface area contributed by atoms with Crippen LogP contribution in [0, 0.1) is 16.0 Å². The molecule has 0 unspecified atom stereocenters. The smallest absolute Gasteiger partial charge is 0.331 e. The first-order chi connectivity index (χ1) is 14.2. The molecule has 0 aliphatic heterocycles. The second kappa shape index (κ2) is 10.7. The van der Waals surface area contributed by atoms with Crippen molar-refractivity contribution in [2.24, 2.45) is 5.92 Å². The lowest BCUT2D eigenvalue weighted by Gasteiger charge is -2.08. The normalized spacial score (nSPS) is 10.8. The molecule has 0 saturated carbocycles. The lowest BCUT2D eigenvalue weighted by atomic mass is 10.1. The van der Waals surface area contributed by atoms with Crippen LogP contribution in [0.15, 0.2) is 54.6 Å². The molecule has 0 aromatic heterocycles. The Morgan fingerprint density at radius 1 is 1.13 bits per heavy atom. The highest BCUT2D eigenvalue weighted by atomic mass is 16.6. The highest BCUT2D eigenvalue weighted by Gasteiger charge is 2.10. The number of carbonyl (C=O) groups is 3. The fourth-order valence-electron chi connectivity index (χ4n) is 2.50. The number of anilines is 1. The van der Waals surface area contributed by atoms with Crippen molar-refractivity contribution in [3.05, 3.63) is 75.8 Å². The summed E-state index contributed by atoms with van der Waals surface area (Å²) in [7, 11) is 0. The molecule has 0 fully saturated rings. The summed E-state index contributed by atoms with van der Waals surface area (Å²) in [6, 6.07) is 12.1. The summed E-state index contributed by atoms with van der Waals surface area (Å²) in [5, 5.41) is 13.5. The second-order valence-electron chi connectivity index (χ2n) is 6.94. The van der Waals surface area contributed by atoms with E-state index in [2.05, 4.69) is 5.32 Å². The van der Waals surface area contributed by atoms with Gasteiger partial charge in [-0.15, -0.1) is 0 Å². The van der Waals surface area contributed by atoms with E-state index in [9.17, 15) is 24.5 Å². The van der Waals surface area contributed by atoms with Crippen LogP contribution in [-0.4, -0.2) is 29.2 Å². The Morgan fingerprint density at radius 2 is 1.83 bits per heavy atom. The SMILES string of the molecule is CC(C)CC(=O)Nc1ccc(C(=O)COC(=O)/C=C/c2cccc([N+](=O)[O-])c2)cc1. The van der Waals surface area contributed by atoms with Gasteiger partial charge in [-0.3, -0.25) is 19.7 Å². The Kier molecular flexibility index (Phi) is 7.99. The van der Waals surface area contributed by atoms with Crippen molar-refractivity contribution >= 4 is 35.1 Å². The Morgan fingerprint density at radius 3 is 2.47 bits per heavy atom. The summed E-state index contributed by atoms with van der Waals surface area (Å²) in [6.07, 6.45) is 2.87. The van der Waals surface area contributed by atoms with Gasteiger partial charge in [0, 0.05) is 35.9 Å². The molecule has 1 amide bonds. The van der Waals surface area contributed by atoms with Gasteiger partial charge >= 0.3 is 5.97 Å². The zero-order valence-electron chi connectivity index (χ0n) is 16.7. The predicted molar refractivity (Wildman–Crippen MR) is 112 cm³/mol. The summed E-state index contributed by atoms with van der Waals surface area (Å²) in [5.74, 6) is -1.00. The minimum Gasteiger partial charge on any atom is -0.454 e. The standard InChI is InChI=1S/C22H22N2O6/c1-15(2)12-21(26)23-18-9-7-17(8-10-18)20(25)14-30-22(27)11-6-16-4-3-5-19(13-16)24(28)29/h3-11,13,15H,12,14H2,1-2H3,(H,23,26)/b11-6+. The van der Waals surface area contributed by atoms with Crippen LogP contribution in [0.1, 0.15) is 36.2 Å². The number of nitrogens with one attached hydrogen (secondary N) is 1. The number of hydrogen-bond acceptors (Lipinski definition) is 6. The molecular formula is C22H22N2O6. The number of amides is 1. The van der Waals surface area contributed by atoms with Gasteiger partial charge in [0.25, 0.3) is 5.69 Å². The van der Waals surface area contributed by atoms with Gasteiger partial charge < -0.3 is 10.1 Å². The van der Waals surface area contributed by atoms with Crippen LogP contribution in [0.4, 0.5) is 11.4 Å². The fraction of sp³-hybridized carbons (Fsp3) is 0.227. The van der Waals surface area contributed by atoms with Crippen molar-refractivity contribution in [3.8, 4) is 0 Å². The second-order valence-corrected chi connectivity index (χ2v) is 6.94. The molecule has 8 nitrogen and oxygen atoms in total. The third kappa shape index (κ3) is 7.31. The van der Waals surface area contributed by atoms with E-state index in [1.165, 1.54) is 24.3 Å². The zero-order valence-corrected chi connectivity index (χ0v) is 16.7. The Hall–Kier alpha value is -3.81. The van der Waals surface area contributed by atoms with Crippen molar-refractivity contribution in [1.82, 2.24) is 0 Å². The quantitative estimate of drug-likeness (QED) is 0.219. The molecule has 0 bridgehead atoms. The van der Waals surface area contributed by atoms with E-state index in [4.69, 9.17) is 4.74 Å². The molecule has 30 heavy (non-hydrogen) atoms. The number of benzene rings is 2. The van der Waals surface area contributed by atoms with Gasteiger partial charge in [0.05, 0.1) is 4.92 Å². The number of ketones is 1. The number of hydrogen-bond donors (Lipinski definition) is 1. The molecule has 0 heterocycles. The van der Waals surface area contributed by atoms with Crippen LogP contribution in [-0.2, 0) is 14.3 Å². The van der Waals surface area contributed by atoms with Crippen molar-refractivity contribution in [1.29, 1.82) is 0 Å². The van der Waals surface area contributed by atoms with Gasteiger partial charge in [0.1, 0.15) is 0 Å². The maximum Gasteiger partial charge on any atom is 0.331 e. The Balaban J connectivity index is 1.86. The maximum absolute atomic E-state index is 12.2. The highest BCUT2D eigenvalue weighted by Crippen LogP contribution is 2.14. The van der Waals surface area contributed by atoms with Gasteiger partial charge in [-0.25, -0.2) is 4.79 Å². The number of Topliss-reactive ketones (excluding diaryl/α,β-unsaturated/α-hetero) is 1.